The summed E-state index contributed by atoms with van der Waals surface area (Å²) in [6.07, 6.45) is 1.31. The van der Waals surface area contributed by atoms with Crippen molar-refractivity contribution < 1.29 is 18.4 Å². The van der Waals surface area contributed by atoms with E-state index in [1.807, 2.05) is 0 Å². The quantitative estimate of drug-likeness (QED) is 0.842. The van der Waals surface area contributed by atoms with Gasteiger partial charge in [0.1, 0.15) is 17.8 Å². The number of aromatic nitrogens is 1. The fraction of sp³-hybridized carbons (Fsp3) is 0.333. The molecule has 1 aromatic carbocycles. The van der Waals surface area contributed by atoms with Gasteiger partial charge in [0.15, 0.2) is 17.6 Å². The molecular weight excluding hydrogens is 339 g/mol. The van der Waals surface area contributed by atoms with Crippen molar-refractivity contribution in [1.29, 1.82) is 0 Å². The van der Waals surface area contributed by atoms with Gasteiger partial charge >= 0.3 is 0 Å². The van der Waals surface area contributed by atoms with Gasteiger partial charge in [0.25, 0.3) is 0 Å². The Bertz CT molecular complexity index is 921. The van der Waals surface area contributed by atoms with Crippen LogP contribution >= 0.6 is 0 Å². The number of benzene rings is 1. The average Bonchev–Trinajstić information content (AvgIpc) is 3.01. The SMILES string of the molecule is Cc1nc(C(=O)Cc2ccc(F)c(C3(C)CC(=O)N(C)C(N)=N3)c2)co1. The number of Topliss-reactive ketones (excluding diaryl/α,β-unsaturated/α-hetero) is 1. The van der Waals surface area contributed by atoms with Gasteiger partial charge in [-0.3, -0.25) is 14.5 Å². The highest BCUT2D eigenvalue weighted by Gasteiger charge is 2.38. The molecule has 1 aliphatic rings. The van der Waals surface area contributed by atoms with Crippen molar-refractivity contribution in [3.05, 3.63) is 53.0 Å². The van der Waals surface area contributed by atoms with Crippen LogP contribution in [0, 0.1) is 12.7 Å². The number of guanidine groups is 1. The van der Waals surface area contributed by atoms with Gasteiger partial charge in [-0.05, 0) is 24.6 Å². The molecule has 2 aromatic rings. The molecule has 2 N–H and O–H groups in total. The highest BCUT2D eigenvalue weighted by molar-refractivity contribution is 5.99. The van der Waals surface area contributed by atoms with Gasteiger partial charge in [0.2, 0.25) is 5.91 Å². The van der Waals surface area contributed by atoms with Crippen LogP contribution in [0.15, 0.2) is 33.9 Å². The van der Waals surface area contributed by atoms with Crippen LogP contribution in [0.5, 0.6) is 0 Å². The highest BCUT2D eigenvalue weighted by Crippen LogP contribution is 2.35. The number of carbonyl (C=O) groups excluding carboxylic acids is 2. The monoisotopic (exact) mass is 358 g/mol. The first kappa shape index (κ1) is 17.8. The smallest absolute Gasteiger partial charge is 0.231 e. The number of hydrogen-bond acceptors (Lipinski definition) is 6. The molecule has 0 saturated carbocycles. The van der Waals surface area contributed by atoms with Crippen LogP contribution in [0.2, 0.25) is 0 Å². The van der Waals surface area contributed by atoms with Gasteiger partial charge in [-0.1, -0.05) is 6.07 Å². The zero-order chi connectivity index (χ0) is 19.1. The van der Waals surface area contributed by atoms with Crippen LogP contribution in [0.1, 0.15) is 40.9 Å². The average molecular weight is 358 g/mol. The van der Waals surface area contributed by atoms with Crippen molar-refractivity contribution in [2.24, 2.45) is 10.7 Å². The molecule has 0 saturated heterocycles. The summed E-state index contributed by atoms with van der Waals surface area (Å²) in [6, 6.07) is 4.35. The number of oxazole rings is 1. The van der Waals surface area contributed by atoms with Crippen molar-refractivity contribution in [2.75, 3.05) is 7.05 Å². The van der Waals surface area contributed by atoms with E-state index in [1.54, 1.807) is 19.9 Å². The molecule has 3 rings (SSSR count). The Hall–Kier alpha value is -3.03. The lowest BCUT2D eigenvalue weighted by molar-refractivity contribution is -0.128. The third-order valence-electron chi connectivity index (χ3n) is 4.45. The number of nitrogens with two attached hydrogens (primary N) is 1. The summed E-state index contributed by atoms with van der Waals surface area (Å²) in [6.45, 7) is 3.29. The molecule has 0 aliphatic carbocycles. The number of amides is 1. The number of ketones is 1. The van der Waals surface area contributed by atoms with Gasteiger partial charge in [0, 0.05) is 26.0 Å². The third kappa shape index (κ3) is 3.22. The van der Waals surface area contributed by atoms with E-state index in [0.29, 0.717) is 11.5 Å². The predicted octanol–water partition coefficient (Wildman–Crippen LogP) is 1.94. The Morgan fingerprint density at radius 3 is 2.81 bits per heavy atom. The molecular formula is C18H19FN4O3. The number of carbonyl (C=O) groups is 2. The van der Waals surface area contributed by atoms with Crippen molar-refractivity contribution in [2.45, 2.75) is 32.2 Å². The van der Waals surface area contributed by atoms with E-state index in [9.17, 15) is 14.0 Å². The summed E-state index contributed by atoms with van der Waals surface area (Å²) in [5.41, 5.74) is 5.70. The number of halogens is 1. The van der Waals surface area contributed by atoms with Crippen molar-refractivity contribution in [1.82, 2.24) is 9.88 Å². The molecule has 26 heavy (non-hydrogen) atoms. The van der Waals surface area contributed by atoms with Gasteiger partial charge in [0.05, 0.1) is 12.0 Å². The van der Waals surface area contributed by atoms with E-state index < -0.39 is 11.4 Å². The molecule has 0 fully saturated rings. The van der Waals surface area contributed by atoms with Crippen molar-refractivity contribution >= 4 is 17.6 Å². The summed E-state index contributed by atoms with van der Waals surface area (Å²) in [7, 11) is 1.52. The predicted molar refractivity (Wildman–Crippen MR) is 92.0 cm³/mol. The summed E-state index contributed by atoms with van der Waals surface area (Å²) in [5, 5.41) is 0. The third-order valence-corrected chi connectivity index (χ3v) is 4.45. The van der Waals surface area contributed by atoms with Crippen molar-refractivity contribution in [3.63, 3.8) is 0 Å². The van der Waals surface area contributed by atoms with Crippen molar-refractivity contribution in [3.8, 4) is 0 Å². The number of rotatable bonds is 4. The molecule has 1 aliphatic heterocycles. The second-order valence-corrected chi connectivity index (χ2v) is 6.54. The first-order valence-electron chi connectivity index (χ1n) is 8.06. The minimum atomic E-state index is -1.12. The maximum absolute atomic E-state index is 14.5. The minimum absolute atomic E-state index is 0.0129. The Morgan fingerprint density at radius 1 is 1.46 bits per heavy atom. The Balaban J connectivity index is 1.93. The topological polar surface area (TPSA) is 102 Å². The Morgan fingerprint density at radius 2 is 2.19 bits per heavy atom. The number of hydrogen-bond donors (Lipinski definition) is 1. The maximum Gasteiger partial charge on any atom is 0.231 e. The molecule has 0 spiro atoms. The maximum atomic E-state index is 14.5. The second-order valence-electron chi connectivity index (χ2n) is 6.54. The number of aryl methyl sites for hydroxylation is 1. The van der Waals surface area contributed by atoms with Crippen LogP contribution in [0.3, 0.4) is 0 Å². The lowest BCUT2D eigenvalue weighted by Gasteiger charge is -2.34. The summed E-state index contributed by atoms with van der Waals surface area (Å²) < 4.78 is 19.5. The van der Waals surface area contributed by atoms with E-state index in [4.69, 9.17) is 10.2 Å². The molecule has 1 unspecified atom stereocenters. The molecule has 8 heteroatoms. The Kier molecular flexibility index (Phi) is 4.35. The van der Waals surface area contributed by atoms with E-state index in [-0.39, 0.29) is 41.7 Å². The first-order valence-corrected chi connectivity index (χ1v) is 8.06. The van der Waals surface area contributed by atoms with Gasteiger partial charge in [-0.15, -0.1) is 0 Å². The fourth-order valence-electron chi connectivity index (χ4n) is 2.93. The van der Waals surface area contributed by atoms with Crippen LogP contribution in [-0.4, -0.2) is 34.6 Å². The molecule has 0 bridgehead atoms. The molecule has 0 radical (unpaired) electrons. The normalized spacial score (nSPS) is 20.2. The zero-order valence-electron chi connectivity index (χ0n) is 14.7. The van der Waals surface area contributed by atoms with E-state index in [0.717, 1.165) is 0 Å². The number of aliphatic imine (C=N–C) groups is 1. The molecule has 1 aromatic heterocycles. The Labute approximate surface area is 149 Å². The van der Waals surface area contributed by atoms with Crippen LogP contribution in [0.25, 0.3) is 0 Å². The van der Waals surface area contributed by atoms with E-state index in [2.05, 4.69) is 9.98 Å². The largest absolute Gasteiger partial charge is 0.449 e. The summed E-state index contributed by atoms with van der Waals surface area (Å²) >= 11 is 0. The lowest BCUT2D eigenvalue weighted by atomic mass is 9.85. The molecule has 7 nitrogen and oxygen atoms in total. The summed E-state index contributed by atoms with van der Waals surface area (Å²) in [5.74, 6) is -0.570. The van der Waals surface area contributed by atoms with Crippen LogP contribution < -0.4 is 5.73 Å². The van der Waals surface area contributed by atoms with E-state index >= 15 is 0 Å². The summed E-state index contributed by atoms with van der Waals surface area (Å²) in [4.78, 5) is 34.0. The lowest BCUT2D eigenvalue weighted by Crippen LogP contribution is -2.47. The first-order chi connectivity index (χ1) is 12.2. The minimum Gasteiger partial charge on any atom is -0.449 e. The van der Waals surface area contributed by atoms with Gasteiger partial charge in [-0.25, -0.2) is 14.4 Å². The second kappa shape index (κ2) is 6.36. The zero-order valence-corrected chi connectivity index (χ0v) is 14.7. The molecule has 136 valence electrons. The molecule has 2 heterocycles. The highest BCUT2D eigenvalue weighted by atomic mass is 19.1. The van der Waals surface area contributed by atoms with Gasteiger partial charge in [-0.2, -0.15) is 0 Å². The molecule has 1 amide bonds. The van der Waals surface area contributed by atoms with Gasteiger partial charge < -0.3 is 10.2 Å². The fourth-order valence-corrected chi connectivity index (χ4v) is 2.93. The van der Waals surface area contributed by atoms with Crippen LogP contribution in [-0.2, 0) is 16.8 Å². The van der Waals surface area contributed by atoms with Crippen LogP contribution in [0.4, 0.5) is 4.39 Å². The standard InChI is InChI=1S/C18H19FN4O3/c1-10-21-14(9-26-10)15(24)7-11-4-5-13(19)12(6-11)18(2)8-16(25)23(3)17(20)22-18/h4-6,9H,7-8H2,1-3H3,(H2,20,22). The number of nitrogens with zero attached hydrogens (tertiary/aromatic N) is 3. The van der Waals surface area contributed by atoms with E-state index in [1.165, 1.54) is 30.3 Å². The molecule has 1 atom stereocenters.